The monoisotopic (exact) mass is 372 g/mol. The van der Waals surface area contributed by atoms with Crippen LogP contribution in [0.3, 0.4) is 0 Å². The van der Waals surface area contributed by atoms with E-state index in [2.05, 4.69) is 10.0 Å². The number of carbonyl (C=O) groups excluding carboxylic acids is 1. The van der Waals surface area contributed by atoms with Crippen LogP contribution in [0.2, 0.25) is 0 Å². The second-order valence-corrected chi connectivity index (χ2v) is 9.87. The van der Waals surface area contributed by atoms with E-state index in [9.17, 15) is 13.2 Å². The molecule has 26 heavy (non-hydrogen) atoms. The first-order valence-corrected chi connectivity index (χ1v) is 9.99. The molecule has 0 fully saturated rings. The molecule has 2 N–H and O–H groups in total. The fraction of sp³-hybridized carbons (Fsp3) is 0.350. The smallest absolute Gasteiger partial charge is 0.261 e. The summed E-state index contributed by atoms with van der Waals surface area (Å²) in [4.78, 5) is 12.2. The van der Waals surface area contributed by atoms with Crippen molar-refractivity contribution in [3.63, 3.8) is 0 Å². The first kappa shape index (κ1) is 18.5. The molecule has 0 bridgehead atoms. The van der Waals surface area contributed by atoms with Gasteiger partial charge in [-0.2, -0.15) is 0 Å². The zero-order chi connectivity index (χ0) is 19.3. The Bertz CT molecular complexity index is 986. The molecule has 1 aliphatic rings. The van der Waals surface area contributed by atoms with Gasteiger partial charge in [0.15, 0.2) is 0 Å². The molecule has 2 aromatic rings. The molecular formula is C20H24N2O3S. The summed E-state index contributed by atoms with van der Waals surface area (Å²) in [6.07, 6.45) is 0. The van der Waals surface area contributed by atoms with Crippen LogP contribution in [0.15, 0.2) is 47.4 Å². The summed E-state index contributed by atoms with van der Waals surface area (Å²) in [5, 5.41) is 2.79. The molecule has 0 radical (unpaired) electrons. The minimum atomic E-state index is -3.77. The van der Waals surface area contributed by atoms with Crippen LogP contribution in [0.4, 0.5) is 11.4 Å². The van der Waals surface area contributed by atoms with Crippen LogP contribution < -0.4 is 10.0 Å². The number of carbonyl (C=O) groups is 1. The lowest BCUT2D eigenvalue weighted by Crippen LogP contribution is -2.27. The van der Waals surface area contributed by atoms with Gasteiger partial charge < -0.3 is 5.32 Å². The second-order valence-electron chi connectivity index (χ2n) is 8.19. The third-order valence-corrected chi connectivity index (χ3v) is 6.13. The predicted octanol–water partition coefficient (Wildman–Crippen LogP) is 4.01. The van der Waals surface area contributed by atoms with Gasteiger partial charge in [0.2, 0.25) is 5.91 Å². The summed E-state index contributed by atoms with van der Waals surface area (Å²) < 4.78 is 28.6. The van der Waals surface area contributed by atoms with E-state index in [1.165, 1.54) is 6.07 Å². The van der Waals surface area contributed by atoms with Gasteiger partial charge >= 0.3 is 0 Å². The Labute approximate surface area is 154 Å². The highest BCUT2D eigenvalue weighted by molar-refractivity contribution is 7.92. The van der Waals surface area contributed by atoms with E-state index in [-0.39, 0.29) is 16.2 Å². The highest BCUT2D eigenvalue weighted by Gasteiger charge is 2.39. The van der Waals surface area contributed by atoms with Gasteiger partial charge in [-0.15, -0.1) is 0 Å². The average molecular weight is 372 g/mol. The largest absolute Gasteiger partial charge is 0.325 e. The molecule has 2 aromatic carbocycles. The van der Waals surface area contributed by atoms with Crippen molar-refractivity contribution in [3.05, 3.63) is 53.6 Å². The molecule has 1 amide bonds. The number of hydrogen-bond acceptors (Lipinski definition) is 3. The van der Waals surface area contributed by atoms with Crippen LogP contribution in [0.25, 0.3) is 0 Å². The van der Waals surface area contributed by atoms with E-state index in [0.29, 0.717) is 16.9 Å². The Hall–Kier alpha value is -2.34. The molecule has 6 heteroatoms. The van der Waals surface area contributed by atoms with Gasteiger partial charge in [0, 0.05) is 5.69 Å². The van der Waals surface area contributed by atoms with Crippen molar-refractivity contribution in [3.8, 4) is 0 Å². The number of hydrogen-bond donors (Lipinski definition) is 2. The lowest BCUT2D eigenvalue weighted by molar-refractivity contribution is -0.119. The Balaban J connectivity index is 2.02. The summed E-state index contributed by atoms with van der Waals surface area (Å²) in [5.74, 6) is -0.131. The maximum absolute atomic E-state index is 13.0. The molecule has 0 aliphatic carbocycles. The molecule has 5 nitrogen and oxygen atoms in total. The molecule has 0 aromatic heterocycles. The van der Waals surface area contributed by atoms with E-state index in [1.54, 1.807) is 32.0 Å². The maximum atomic E-state index is 13.0. The highest BCUT2D eigenvalue weighted by Crippen LogP contribution is 2.39. The standard InChI is InChI=1S/C20H24N2O3S/c1-19(2,3)14-8-6-7-9-17(14)22-26(24,25)13-10-11-16-15(12-13)20(4,5)18(23)21-16/h6-12,22H,1-5H3,(H,21,23). The van der Waals surface area contributed by atoms with Crippen LogP contribution in [0, 0.1) is 0 Å². The van der Waals surface area contributed by atoms with E-state index in [1.807, 2.05) is 39.0 Å². The summed E-state index contributed by atoms with van der Waals surface area (Å²) >= 11 is 0. The molecule has 138 valence electrons. The van der Waals surface area contributed by atoms with E-state index >= 15 is 0 Å². The predicted molar refractivity (Wildman–Crippen MR) is 104 cm³/mol. The molecule has 1 aliphatic heterocycles. The molecule has 1 heterocycles. The summed E-state index contributed by atoms with van der Waals surface area (Å²) in [6.45, 7) is 9.68. The number of amides is 1. The zero-order valence-electron chi connectivity index (χ0n) is 15.7. The topological polar surface area (TPSA) is 75.3 Å². The number of rotatable bonds is 3. The van der Waals surface area contributed by atoms with Gasteiger partial charge in [-0.05, 0) is 54.7 Å². The van der Waals surface area contributed by atoms with Crippen LogP contribution in [-0.4, -0.2) is 14.3 Å². The lowest BCUT2D eigenvalue weighted by Gasteiger charge is -2.23. The van der Waals surface area contributed by atoms with Crippen molar-refractivity contribution in [2.45, 2.75) is 50.3 Å². The Kier molecular flexibility index (Phi) is 4.15. The third-order valence-electron chi connectivity index (χ3n) is 4.77. The van der Waals surface area contributed by atoms with Crippen LogP contribution in [0.5, 0.6) is 0 Å². The molecule has 3 rings (SSSR count). The zero-order valence-corrected chi connectivity index (χ0v) is 16.5. The number of benzene rings is 2. The van der Waals surface area contributed by atoms with Crippen molar-refractivity contribution in [1.82, 2.24) is 0 Å². The number of fused-ring (bicyclic) bond motifs is 1. The van der Waals surface area contributed by atoms with Crippen molar-refractivity contribution < 1.29 is 13.2 Å². The first-order valence-electron chi connectivity index (χ1n) is 8.51. The minimum Gasteiger partial charge on any atom is -0.325 e. The van der Waals surface area contributed by atoms with Gasteiger partial charge in [0.05, 0.1) is 16.0 Å². The maximum Gasteiger partial charge on any atom is 0.261 e. The van der Waals surface area contributed by atoms with Gasteiger partial charge in [-0.25, -0.2) is 8.42 Å². The van der Waals surface area contributed by atoms with Gasteiger partial charge in [-0.1, -0.05) is 39.0 Å². The van der Waals surface area contributed by atoms with E-state index < -0.39 is 15.4 Å². The number of anilines is 2. The summed E-state index contributed by atoms with van der Waals surface area (Å²) in [6, 6.07) is 12.1. The van der Waals surface area contributed by atoms with Crippen LogP contribution in [-0.2, 0) is 25.6 Å². The number of nitrogens with one attached hydrogen (secondary N) is 2. The normalized spacial score (nSPS) is 16.1. The lowest BCUT2D eigenvalue weighted by atomic mass is 9.86. The Morgan fingerprint density at radius 3 is 2.35 bits per heavy atom. The van der Waals surface area contributed by atoms with Crippen molar-refractivity contribution in [2.75, 3.05) is 10.0 Å². The van der Waals surface area contributed by atoms with E-state index in [4.69, 9.17) is 0 Å². The second kappa shape index (κ2) is 5.84. The SMILES string of the molecule is CC(C)(C)c1ccccc1NS(=O)(=O)c1ccc2c(c1)C(C)(C)C(=O)N2. The first-order chi connectivity index (χ1) is 11.9. The quantitative estimate of drug-likeness (QED) is 0.855. The summed E-state index contributed by atoms with van der Waals surface area (Å²) in [5.41, 5.74) is 1.87. The van der Waals surface area contributed by atoms with Crippen LogP contribution >= 0.6 is 0 Å². The van der Waals surface area contributed by atoms with E-state index in [0.717, 1.165) is 5.56 Å². The van der Waals surface area contributed by atoms with Crippen molar-refractivity contribution in [2.24, 2.45) is 0 Å². The number of para-hydroxylation sites is 1. The van der Waals surface area contributed by atoms with Gasteiger partial charge in [0.25, 0.3) is 10.0 Å². The van der Waals surface area contributed by atoms with Crippen LogP contribution in [0.1, 0.15) is 45.7 Å². The Morgan fingerprint density at radius 2 is 1.69 bits per heavy atom. The highest BCUT2D eigenvalue weighted by atomic mass is 32.2. The summed E-state index contributed by atoms with van der Waals surface area (Å²) in [7, 11) is -3.77. The Morgan fingerprint density at radius 1 is 1.04 bits per heavy atom. The molecule has 0 saturated carbocycles. The molecular weight excluding hydrogens is 348 g/mol. The molecule has 0 saturated heterocycles. The fourth-order valence-corrected chi connectivity index (χ4v) is 4.25. The number of sulfonamides is 1. The van der Waals surface area contributed by atoms with Crippen molar-refractivity contribution >= 4 is 27.3 Å². The molecule has 0 unspecified atom stereocenters. The van der Waals surface area contributed by atoms with Crippen molar-refractivity contribution in [1.29, 1.82) is 0 Å². The average Bonchev–Trinajstić information content (AvgIpc) is 2.76. The fourth-order valence-electron chi connectivity index (χ4n) is 3.15. The minimum absolute atomic E-state index is 0.131. The van der Waals surface area contributed by atoms with Gasteiger partial charge in [0.1, 0.15) is 0 Å². The molecule has 0 atom stereocenters. The third kappa shape index (κ3) is 3.09. The molecule has 0 spiro atoms. The van der Waals surface area contributed by atoms with Gasteiger partial charge in [-0.3, -0.25) is 9.52 Å².